The number of benzene rings is 2. The Morgan fingerprint density at radius 1 is 0.778 bits per heavy atom. The molecule has 144 valence electrons. The summed E-state index contributed by atoms with van der Waals surface area (Å²) in [6.07, 6.45) is 0. The molecule has 0 unspecified atom stereocenters. The Kier molecular flexibility index (Phi) is 6.61. The smallest absolute Gasteiger partial charge is 0.314 e. The van der Waals surface area contributed by atoms with Crippen LogP contribution in [0.15, 0.2) is 48.5 Å². The van der Waals surface area contributed by atoms with Crippen LogP contribution in [0, 0.1) is 0 Å². The second kappa shape index (κ2) is 8.71. The van der Waals surface area contributed by atoms with Gasteiger partial charge in [-0.3, -0.25) is 9.59 Å². The lowest BCUT2D eigenvalue weighted by Crippen LogP contribution is -2.29. The van der Waals surface area contributed by atoms with Gasteiger partial charge in [0.1, 0.15) is 0 Å². The van der Waals surface area contributed by atoms with Gasteiger partial charge in [0.05, 0.1) is 0 Å². The molecule has 2 N–H and O–H groups in total. The van der Waals surface area contributed by atoms with E-state index in [1.165, 1.54) is 5.56 Å². The summed E-state index contributed by atoms with van der Waals surface area (Å²) in [6, 6.07) is 15.0. The summed E-state index contributed by atoms with van der Waals surface area (Å²) in [5, 5.41) is 5.26. The Morgan fingerprint density at radius 3 is 1.56 bits per heavy atom. The van der Waals surface area contributed by atoms with Gasteiger partial charge in [-0.2, -0.15) is 0 Å². The van der Waals surface area contributed by atoms with Crippen molar-refractivity contribution >= 4 is 28.9 Å². The molecule has 5 heteroatoms. The Hall–Kier alpha value is -2.82. The van der Waals surface area contributed by atoms with Crippen LogP contribution in [-0.4, -0.2) is 24.9 Å². The number of carbonyl (C=O) groups is 2. The predicted octanol–water partition coefficient (Wildman–Crippen LogP) is 4.41. The zero-order valence-electron chi connectivity index (χ0n) is 16.8. The molecule has 0 aliphatic heterocycles. The number of rotatable bonds is 5. The molecule has 0 radical (unpaired) electrons. The molecule has 0 aliphatic rings. The Bertz CT molecular complexity index is 771. The quantitative estimate of drug-likeness (QED) is 0.770. The molecule has 2 rings (SSSR count). The van der Waals surface area contributed by atoms with Crippen molar-refractivity contribution in [3.63, 3.8) is 0 Å². The van der Waals surface area contributed by atoms with Crippen molar-refractivity contribution in [2.45, 2.75) is 40.0 Å². The maximum Gasteiger partial charge on any atom is 0.314 e. The molecule has 0 saturated heterocycles. The number of amides is 2. The fraction of sp³-hybridized carbons (Fsp3) is 0.364. The van der Waals surface area contributed by atoms with Gasteiger partial charge < -0.3 is 15.5 Å². The Balaban J connectivity index is 1.96. The van der Waals surface area contributed by atoms with Crippen molar-refractivity contribution < 1.29 is 9.59 Å². The summed E-state index contributed by atoms with van der Waals surface area (Å²) in [7, 11) is 0. The van der Waals surface area contributed by atoms with E-state index in [0.29, 0.717) is 11.4 Å². The monoisotopic (exact) mass is 367 g/mol. The van der Waals surface area contributed by atoms with E-state index < -0.39 is 11.8 Å². The second-order valence-electron chi connectivity index (χ2n) is 7.45. The van der Waals surface area contributed by atoms with E-state index in [2.05, 4.69) is 50.2 Å². The molecule has 0 aliphatic carbocycles. The van der Waals surface area contributed by atoms with E-state index in [4.69, 9.17) is 0 Å². The van der Waals surface area contributed by atoms with Crippen LogP contribution in [0.25, 0.3) is 0 Å². The zero-order valence-corrected chi connectivity index (χ0v) is 16.8. The molecule has 0 fully saturated rings. The van der Waals surface area contributed by atoms with Gasteiger partial charge in [0.15, 0.2) is 0 Å². The average molecular weight is 367 g/mol. The fourth-order valence-corrected chi connectivity index (χ4v) is 2.77. The van der Waals surface area contributed by atoms with Crippen LogP contribution in [0.4, 0.5) is 17.1 Å². The van der Waals surface area contributed by atoms with E-state index in [-0.39, 0.29) is 5.41 Å². The van der Waals surface area contributed by atoms with Gasteiger partial charge in [-0.05, 0) is 61.2 Å². The molecule has 27 heavy (non-hydrogen) atoms. The first-order valence-electron chi connectivity index (χ1n) is 9.32. The van der Waals surface area contributed by atoms with Crippen LogP contribution in [-0.2, 0) is 15.0 Å². The maximum atomic E-state index is 12.1. The topological polar surface area (TPSA) is 61.4 Å². The first-order chi connectivity index (χ1) is 12.7. The van der Waals surface area contributed by atoms with Gasteiger partial charge in [-0.25, -0.2) is 0 Å². The van der Waals surface area contributed by atoms with Gasteiger partial charge in [0, 0.05) is 30.2 Å². The maximum absolute atomic E-state index is 12.1. The van der Waals surface area contributed by atoms with Gasteiger partial charge >= 0.3 is 11.8 Å². The van der Waals surface area contributed by atoms with Crippen molar-refractivity contribution in [3.05, 3.63) is 54.1 Å². The van der Waals surface area contributed by atoms with Crippen molar-refractivity contribution in [2.24, 2.45) is 0 Å². The normalized spacial score (nSPS) is 11.0. The fourth-order valence-electron chi connectivity index (χ4n) is 2.77. The number of anilines is 3. The lowest BCUT2D eigenvalue weighted by molar-refractivity contribution is -0.132. The van der Waals surface area contributed by atoms with Crippen LogP contribution in [0.2, 0.25) is 0 Å². The highest BCUT2D eigenvalue weighted by molar-refractivity contribution is 6.43. The first-order valence-corrected chi connectivity index (χ1v) is 9.32. The summed E-state index contributed by atoms with van der Waals surface area (Å²) in [5.41, 5.74) is 3.48. The van der Waals surface area contributed by atoms with E-state index in [9.17, 15) is 9.59 Å². The number of hydrogen-bond donors (Lipinski definition) is 2. The highest BCUT2D eigenvalue weighted by Gasteiger charge is 2.16. The van der Waals surface area contributed by atoms with Crippen molar-refractivity contribution in [1.82, 2.24) is 0 Å². The molecule has 0 aromatic heterocycles. The third-order valence-electron chi connectivity index (χ3n) is 4.47. The molecule has 2 aromatic rings. The summed E-state index contributed by atoms with van der Waals surface area (Å²) in [6.45, 7) is 12.4. The van der Waals surface area contributed by atoms with Crippen LogP contribution >= 0.6 is 0 Å². The highest BCUT2D eigenvalue weighted by Crippen LogP contribution is 2.23. The van der Waals surface area contributed by atoms with Crippen LogP contribution in [0.5, 0.6) is 0 Å². The largest absolute Gasteiger partial charge is 0.372 e. The molecule has 5 nitrogen and oxygen atoms in total. The van der Waals surface area contributed by atoms with E-state index in [1.54, 1.807) is 12.1 Å². The molecule has 0 heterocycles. The highest BCUT2D eigenvalue weighted by atomic mass is 16.2. The Labute approximate surface area is 161 Å². The summed E-state index contributed by atoms with van der Waals surface area (Å²) in [5.74, 6) is -1.38. The molecule has 0 bridgehead atoms. The molecule has 2 amide bonds. The van der Waals surface area contributed by atoms with Gasteiger partial charge in [0.25, 0.3) is 0 Å². The molecule has 0 atom stereocenters. The minimum absolute atomic E-state index is 0.0389. The number of nitrogens with zero attached hydrogens (tertiary/aromatic N) is 1. The van der Waals surface area contributed by atoms with E-state index in [1.807, 2.05) is 36.4 Å². The van der Waals surface area contributed by atoms with E-state index >= 15 is 0 Å². The van der Waals surface area contributed by atoms with E-state index in [0.717, 1.165) is 18.8 Å². The zero-order chi connectivity index (χ0) is 20.0. The standard InChI is InChI=1S/C22H29N3O2/c1-6-25(7-2)19-14-12-18(13-15-19)24-21(27)20(26)23-17-10-8-16(9-11-17)22(3,4)5/h8-15H,6-7H2,1-5H3,(H,23,26)(H,24,27). The summed E-state index contributed by atoms with van der Waals surface area (Å²) >= 11 is 0. The molecular formula is C22H29N3O2. The van der Waals surface area contributed by atoms with Crippen LogP contribution in [0.3, 0.4) is 0 Å². The van der Waals surface area contributed by atoms with Gasteiger partial charge in [-0.15, -0.1) is 0 Å². The Morgan fingerprint density at radius 2 is 1.19 bits per heavy atom. The van der Waals surface area contributed by atoms with Gasteiger partial charge in [0.2, 0.25) is 0 Å². The molecule has 0 spiro atoms. The summed E-state index contributed by atoms with van der Waals surface area (Å²) in [4.78, 5) is 26.5. The molecule has 0 saturated carbocycles. The third kappa shape index (κ3) is 5.58. The van der Waals surface area contributed by atoms with Gasteiger partial charge in [-0.1, -0.05) is 32.9 Å². The number of carbonyl (C=O) groups excluding carboxylic acids is 2. The minimum Gasteiger partial charge on any atom is -0.372 e. The average Bonchev–Trinajstić information content (AvgIpc) is 2.63. The van der Waals surface area contributed by atoms with Crippen molar-refractivity contribution in [3.8, 4) is 0 Å². The minimum atomic E-state index is -0.689. The lowest BCUT2D eigenvalue weighted by atomic mass is 9.87. The molecular weight excluding hydrogens is 338 g/mol. The predicted molar refractivity (Wildman–Crippen MR) is 112 cm³/mol. The van der Waals surface area contributed by atoms with Crippen LogP contribution in [0.1, 0.15) is 40.2 Å². The number of hydrogen-bond acceptors (Lipinski definition) is 3. The SMILES string of the molecule is CCN(CC)c1ccc(NC(=O)C(=O)Nc2ccc(C(C)(C)C)cc2)cc1. The lowest BCUT2D eigenvalue weighted by Gasteiger charge is -2.21. The second-order valence-corrected chi connectivity index (χ2v) is 7.45. The molecule has 2 aromatic carbocycles. The van der Waals surface area contributed by atoms with Crippen LogP contribution < -0.4 is 15.5 Å². The first kappa shape index (κ1) is 20.5. The van der Waals surface area contributed by atoms with Crippen molar-refractivity contribution in [2.75, 3.05) is 28.6 Å². The number of nitrogens with one attached hydrogen (secondary N) is 2. The third-order valence-corrected chi connectivity index (χ3v) is 4.47. The summed E-state index contributed by atoms with van der Waals surface area (Å²) < 4.78 is 0. The van der Waals surface area contributed by atoms with Crippen molar-refractivity contribution in [1.29, 1.82) is 0 Å².